The molecule has 0 saturated heterocycles. The minimum Gasteiger partial charge on any atom is -0.348 e. The second-order valence-electron chi connectivity index (χ2n) is 4.87. The normalized spacial score (nSPS) is 14.9. The van der Waals surface area contributed by atoms with E-state index in [4.69, 9.17) is 11.6 Å². The Morgan fingerprint density at radius 3 is 2.72 bits per heavy atom. The minimum absolute atomic E-state index is 0.0978. The zero-order valence-corrected chi connectivity index (χ0v) is 11.1. The summed E-state index contributed by atoms with van der Waals surface area (Å²) in [6.45, 7) is 4.88. The third-order valence-electron chi connectivity index (χ3n) is 2.76. The van der Waals surface area contributed by atoms with Crippen LogP contribution in [0.1, 0.15) is 26.7 Å². The maximum absolute atomic E-state index is 11.1. The van der Waals surface area contributed by atoms with E-state index >= 15 is 0 Å². The van der Waals surface area contributed by atoms with E-state index in [0.29, 0.717) is 17.8 Å². The summed E-state index contributed by atoms with van der Waals surface area (Å²) >= 11 is 5.81. The number of aromatic nitrogens is 2. The van der Waals surface area contributed by atoms with Crippen molar-refractivity contribution in [3.05, 3.63) is 21.6 Å². The van der Waals surface area contributed by atoms with Crippen molar-refractivity contribution in [2.75, 3.05) is 11.4 Å². The molecule has 1 heterocycles. The fraction of sp³-hybridized carbons (Fsp3) is 0.636. The first-order valence-electron chi connectivity index (χ1n) is 5.92. The molecule has 7 heteroatoms. The molecule has 2 rings (SSSR count). The van der Waals surface area contributed by atoms with Crippen LogP contribution in [-0.2, 0) is 0 Å². The van der Waals surface area contributed by atoms with Gasteiger partial charge in [0.05, 0.1) is 4.92 Å². The second-order valence-corrected chi connectivity index (χ2v) is 5.23. The van der Waals surface area contributed by atoms with Crippen LogP contribution >= 0.6 is 11.6 Å². The van der Waals surface area contributed by atoms with E-state index in [2.05, 4.69) is 23.8 Å². The molecular formula is C11H15ClN4O2. The van der Waals surface area contributed by atoms with E-state index in [1.165, 1.54) is 6.33 Å². The highest BCUT2D eigenvalue weighted by Gasteiger charge is 2.35. The standard InChI is InChI=1S/C11H15ClN4O2/c1-7(2)5-15(8-3-4-8)11-9(16(17)18)10(12)13-6-14-11/h6-8H,3-5H2,1-2H3. The molecule has 1 aliphatic rings. The van der Waals surface area contributed by atoms with Gasteiger partial charge in [0, 0.05) is 12.6 Å². The number of anilines is 1. The van der Waals surface area contributed by atoms with E-state index in [1.807, 2.05) is 4.90 Å². The Morgan fingerprint density at radius 2 is 2.22 bits per heavy atom. The molecule has 6 nitrogen and oxygen atoms in total. The lowest BCUT2D eigenvalue weighted by molar-refractivity contribution is -0.384. The number of hydrogen-bond donors (Lipinski definition) is 0. The van der Waals surface area contributed by atoms with E-state index in [9.17, 15) is 10.1 Å². The van der Waals surface area contributed by atoms with Crippen LogP contribution in [0.2, 0.25) is 5.15 Å². The van der Waals surface area contributed by atoms with Gasteiger partial charge in [0.15, 0.2) is 0 Å². The first-order chi connectivity index (χ1) is 8.50. The highest BCUT2D eigenvalue weighted by Crippen LogP contribution is 2.38. The van der Waals surface area contributed by atoms with Crippen LogP contribution in [-0.4, -0.2) is 27.5 Å². The molecule has 1 aliphatic carbocycles. The van der Waals surface area contributed by atoms with Crippen molar-refractivity contribution in [3.63, 3.8) is 0 Å². The van der Waals surface area contributed by atoms with Gasteiger partial charge in [-0.1, -0.05) is 25.4 Å². The summed E-state index contributed by atoms with van der Waals surface area (Å²) in [6, 6.07) is 0.345. The summed E-state index contributed by atoms with van der Waals surface area (Å²) < 4.78 is 0. The van der Waals surface area contributed by atoms with Crippen molar-refractivity contribution < 1.29 is 4.92 Å². The molecule has 0 N–H and O–H groups in total. The molecule has 0 atom stereocenters. The van der Waals surface area contributed by atoms with Crippen LogP contribution in [0.3, 0.4) is 0 Å². The van der Waals surface area contributed by atoms with Crippen molar-refractivity contribution in [2.24, 2.45) is 5.92 Å². The number of nitro groups is 1. The number of hydrogen-bond acceptors (Lipinski definition) is 5. The van der Waals surface area contributed by atoms with Gasteiger partial charge in [-0.15, -0.1) is 0 Å². The smallest absolute Gasteiger partial charge is 0.348 e. The molecule has 0 radical (unpaired) electrons. The first kappa shape index (κ1) is 13.0. The zero-order valence-electron chi connectivity index (χ0n) is 10.3. The Balaban J connectivity index is 2.40. The molecule has 1 aromatic heterocycles. The van der Waals surface area contributed by atoms with Gasteiger partial charge in [-0.25, -0.2) is 9.97 Å². The summed E-state index contributed by atoms with van der Waals surface area (Å²) in [6.07, 6.45) is 3.37. The SMILES string of the molecule is CC(C)CN(c1ncnc(Cl)c1[N+](=O)[O-])C1CC1. The first-order valence-corrected chi connectivity index (χ1v) is 6.30. The zero-order chi connectivity index (χ0) is 13.3. The average molecular weight is 271 g/mol. The fourth-order valence-corrected chi connectivity index (χ4v) is 2.10. The van der Waals surface area contributed by atoms with Gasteiger partial charge in [-0.05, 0) is 18.8 Å². The Labute approximate surface area is 110 Å². The lowest BCUT2D eigenvalue weighted by Gasteiger charge is -2.24. The lowest BCUT2D eigenvalue weighted by atomic mass is 10.2. The lowest BCUT2D eigenvalue weighted by Crippen LogP contribution is -2.31. The largest absolute Gasteiger partial charge is 0.348 e. The molecule has 0 amide bonds. The highest BCUT2D eigenvalue weighted by atomic mass is 35.5. The van der Waals surface area contributed by atoms with Crippen LogP contribution < -0.4 is 4.90 Å². The maximum atomic E-state index is 11.1. The Morgan fingerprint density at radius 1 is 1.56 bits per heavy atom. The molecule has 18 heavy (non-hydrogen) atoms. The van der Waals surface area contributed by atoms with Crippen molar-refractivity contribution in [3.8, 4) is 0 Å². The van der Waals surface area contributed by atoms with Gasteiger partial charge in [-0.3, -0.25) is 10.1 Å². The number of nitrogens with zero attached hydrogens (tertiary/aromatic N) is 4. The van der Waals surface area contributed by atoms with E-state index in [0.717, 1.165) is 19.4 Å². The Bertz CT molecular complexity index is 462. The third kappa shape index (κ3) is 2.69. The predicted octanol–water partition coefficient (Wildman–Crippen LogP) is 2.66. The molecule has 98 valence electrons. The quantitative estimate of drug-likeness (QED) is 0.467. The topological polar surface area (TPSA) is 72.2 Å². The molecule has 1 saturated carbocycles. The molecule has 1 fully saturated rings. The van der Waals surface area contributed by atoms with Crippen molar-refractivity contribution >= 4 is 23.1 Å². The van der Waals surface area contributed by atoms with Crippen LogP contribution in [0.5, 0.6) is 0 Å². The average Bonchev–Trinajstić information content (AvgIpc) is 3.08. The maximum Gasteiger partial charge on any atom is 0.348 e. The molecule has 0 bridgehead atoms. The van der Waals surface area contributed by atoms with Crippen molar-refractivity contribution in [1.29, 1.82) is 0 Å². The molecular weight excluding hydrogens is 256 g/mol. The summed E-state index contributed by atoms with van der Waals surface area (Å²) in [5, 5.41) is 11.0. The molecule has 0 unspecified atom stereocenters. The summed E-state index contributed by atoms with van der Waals surface area (Å²) in [5.74, 6) is 0.746. The fourth-order valence-electron chi connectivity index (χ4n) is 1.90. The molecule has 0 aromatic carbocycles. The van der Waals surface area contributed by atoms with Gasteiger partial charge >= 0.3 is 5.69 Å². The van der Waals surface area contributed by atoms with Gasteiger partial charge in [0.2, 0.25) is 11.0 Å². The molecule has 1 aromatic rings. The van der Waals surface area contributed by atoms with Gasteiger partial charge in [0.25, 0.3) is 0 Å². The van der Waals surface area contributed by atoms with Crippen LogP contribution in [0.15, 0.2) is 6.33 Å². The van der Waals surface area contributed by atoms with E-state index < -0.39 is 4.92 Å². The molecule has 0 spiro atoms. The van der Waals surface area contributed by atoms with Crippen molar-refractivity contribution in [1.82, 2.24) is 9.97 Å². The third-order valence-corrected chi connectivity index (χ3v) is 3.04. The minimum atomic E-state index is -0.507. The second kappa shape index (κ2) is 5.06. The van der Waals surface area contributed by atoms with Crippen LogP contribution in [0.4, 0.5) is 11.5 Å². The van der Waals surface area contributed by atoms with Gasteiger partial charge in [0.1, 0.15) is 6.33 Å². The summed E-state index contributed by atoms with van der Waals surface area (Å²) in [5.41, 5.74) is -0.188. The van der Waals surface area contributed by atoms with Gasteiger partial charge in [-0.2, -0.15) is 0 Å². The van der Waals surface area contributed by atoms with Gasteiger partial charge < -0.3 is 4.90 Å². The Kier molecular flexibility index (Phi) is 3.65. The van der Waals surface area contributed by atoms with Crippen LogP contribution in [0, 0.1) is 16.0 Å². The number of halogens is 1. The van der Waals surface area contributed by atoms with E-state index in [1.54, 1.807) is 0 Å². The molecule has 0 aliphatic heterocycles. The van der Waals surface area contributed by atoms with E-state index in [-0.39, 0.29) is 10.8 Å². The van der Waals surface area contributed by atoms with Crippen LogP contribution in [0.25, 0.3) is 0 Å². The van der Waals surface area contributed by atoms with Crippen molar-refractivity contribution in [2.45, 2.75) is 32.7 Å². The summed E-state index contributed by atoms with van der Waals surface area (Å²) in [7, 11) is 0. The summed E-state index contributed by atoms with van der Waals surface area (Å²) in [4.78, 5) is 20.3. The highest BCUT2D eigenvalue weighted by molar-refractivity contribution is 6.31. The number of rotatable bonds is 5. The monoisotopic (exact) mass is 270 g/mol. The Hall–Kier alpha value is -1.43. The predicted molar refractivity (Wildman–Crippen MR) is 68.9 cm³/mol.